The van der Waals surface area contributed by atoms with E-state index in [4.69, 9.17) is 0 Å². The zero-order valence-corrected chi connectivity index (χ0v) is 7.95. The largest absolute Gasteiger partial charge is 0.314 e. The molecule has 72 valence electrons. The lowest BCUT2D eigenvalue weighted by atomic mass is 10.3. The van der Waals surface area contributed by atoms with Crippen molar-refractivity contribution in [2.45, 2.75) is 4.90 Å². The van der Waals surface area contributed by atoms with Gasteiger partial charge in [0.2, 0.25) is 5.52 Å². The van der Waals surface area contributed by atoms with E-state index >= 15 is 0 Å². The number of nitro groups is 1. The number of rotatable bonds is 2. The van der Waals surface area contributed by atoms with Crippen molar-refractivity contribution >= 4 is 28.5 Å². The highest BCUT2D eigenvalue weighted by Crippen LogP contribution is 2.32. The number of hydrogen-bond donors (Lipinski definition) is 0. The minimum absolute atomic E-state index is 0.0451. The Morgan fingerprint density at radius 2 is 2.29 bits per heavy atom. The summed E-state index contributed by atoms with van der Waals surface area (Å²) >= 11 is 1.29. The average molecular weight is 211 g/mol. The van der Waals surface area contributed by atoms with Crippen LogP contribution in [-0.2, 0) is 0 Å². The van der Waals surface area contributed by atoms with Crippen molar-refractivity contribution in [2.75, 3.05) is 6.26 Å². The molecule has 0 fully saturated rings. The Morgan fingerprint density at radius 1 is 1.50 bits per heavy atom. The SMILES string of the molecule is CSc1ccc2nonc2c1[N+](=O)[O-]. The topological polar surface area (TPSA) is 82.1 Å². The van der Waals surface area contributed by atoms with E-state index < -0.39 is 4.92 Å². The highest BCUT2D eigenvalue weighted by atomic mass is 32.2. The smallest absolute Gasteiger partial charge is 0.258 e. The van der Waals surface area contributed by atoms with Crippen LogP contribution in [0, 0.1) is 10.1 Å². The van der Waals surface area contributed by atoms with Crippen molar-refractivity contribution < 1.29 is 9.55 Å². The molecular weight excluding hydrogens is 206 g/mol. The Bertz CT molecular complexity index is 496. The van der Waals surface area contributed by atoms with Gasteiger partial charge in [0.05, 0.1) is 9.82 Å². The van der Waals surface area contributed by atoms with Gasteiger partial charge in [-0.05, 0) is 28.7 Å². The maximum Gasteiger partial charge on any atom is 0.314 e. The number of hydrogen-bond acceptors (Lipinski definition) is 6. The molecule has 6 nitrogen and oxygen atoms in total. The van der Waals surface area contributed by atoms with Gasteiger partial charge in [0.1, 0.15) is 5.52 Å². The van der Waals surface area contributed by atoms with E-state index in [9.17, 15) is 10.1 Å². The molecule has 14 heavy (non-hydrogen) atoms. The van der Waals surface area contributed by atoms with Gasteiger partial charge in [-0.25, -0.2) is 4.63 Å². The van der Waals surface area contributed by atoms with Crippen molar-refractivity contribution in [2.24, 2.45) is 0 Å². The molecule has 0 N–H and O–H groups in total. The molecule has 0 bridgehead atoms. The van der Waals surface area contributed by atoms with Gasteiger partial charge in [-0.15, -0.1) is 11.8 Å². The highest BCUT2D eigenvalue weighted by molar-refractivity contribution is 7.98. The van der Waals surface area contributed by atoms with Crippen LogP contribution in [0.3, 0.4) is 0 Å². The molecule has 0 aliphatic heterocycles. The Labute approximate surface area is 82.4 Å². The highest BCUT2D eigenvalue weighted by Gasteiger charge is 2.21. The molecule has 0 aliphatic carbocycles. The predicted octanol–water partition coefficient (Wildman–Crippen LogP) is 1.85. The molecule has 0 saturated carbocycles. The van der Waals surface area contributed by atoms with Gasteiger partial charge in [0, 0.05) is 0 Å². The fourth-order valence-corrected chi connectivity index (χ4v) is 1.73. The molecule has 0 atom stereocenters. The van der Waals surface area contributed by atoms with E-state index in [1.165, 1.54) is 11.8 Å². The zero-order valence-electron chi connectivity index (χ0n) is 7.13. The van der Waals surface area contributed by atoms with Gasteiger partial charge in [0.25, 0.3) is 0 Å². The minimum atomic E-state index is -0.474. The quantitative estimate of drug-likeness (QED) is 0.428. The summed E-state index contributed by atoms with van der Waals surface area (Å²) in [5, 5.41) is 17.8. The molecule has 1 aromatic heterocycles. The van der Waals surface area contributed by atoms with Crippen LogP contribution in [-0.4, -0.2) is 21.5 Å². The monoisotopic (exact) mass is 211 g/mol. The number of nitro benzene ring substituents is 1. The Hall–Kier alpha value is -1.63. The third-order valence-corrected chi connectivity index (χ3v) is 2.54. The van der Waals surface area contributed by atoms with Crippen LogP contribution in [0.5, 0.6) is 0 Å². The van der Waals surface area contributed by atoms with Gasteiger partial charge in [-0.3, -0.25) is 10.1 Å². The third-order valence-electron chi connectivity index (χ3n) is 1.77. The van der Waals surface area contributed by atoms with E-state index in [1.54, 1.807) is 18.4 Å². The summed E-state index contributed by atoms with van der Waals surface area (Å²) in [7, 11) is 0. The normalized spacial score (nSPS) is 10.6. The van der Waals surface area contributed by atoms with Crippen LogP contribution in [0.4, 0.5) is 5.69 Å². The van der Waals surface area contributed by atoms with Gasteiger partial charge in [-0.1, -0.05) is 0 Å². The van der Waals surface area contributed by atoms with Gasteiger partial charge in [0.15, 0.2) is 0 Å². The molecule has 1 aromatic carbocycles. The molecule has 0 aliphatic rings. The fourth-order valence-electron chi connectivity index (χ4n) is 1.16. The maximum atomic E-state index is 10.8. The van der Waals surface area contributed by atoms with E-state index in [-0.39, 0.29) is 11.2 Å². The minimum Gasteiger partial charge on any atom is -0.258 e. The molecule has 0 radical (unpaired) electrons. The Balaban J connectivity index is 2.82. The molecule has 0 spiro atoms. The summed E-state index contributed by atoms with van der Waals surface area (Å²) < 4.78 is 4.44. The molecule has 7 heteroatoms. The molecule has 0 saturated heterocycles. The van der Waals surface area contributed by atoms with Gasteiger partial charge in [-0.2, -0.15) is 0 Å². The van der Waals surface area contributed by atoms with Crippen molar-refractivity contribution in [1.29, 1.82) is 0 Å². The summed E-state index contributed by atoms with van der Waals surface area (Å²) in [5.74, 6) is 0. The van der Waals surface area contributed by atoms with Crippen LogP contribution in [0.1, 0.15) is 0 Å². The van der Waals surface area contributed by atoms with Crippen LogP contribution in [0.15, 0.2) is 21.7 Å². The van der Waals surface area contributed by atoms with Gasteiger partial charge < -0.3 is 0 Å². The van der Waals surface area contributed by atoms with Crippen molar-refractivity contribution in [3.05, 3.63) is 22.2 Å². The molecule has 0 unspecified atom stereocenters. The number of aromatic nitrogens is 2. The number of benzene rings is 1. The van der Waals surface area contributed by atoms with Crippen LogP contribution >= 0.6 is 11.8 Å². The van der Waals surface area contributed by atoms with E-state index in [0.717, 1.165) is 0 Å². The summed E-state index contributed by atoms with van der Waals surface area (Å²) in [6, 6.07) is 3.28. The maximum absolute atomic E-state index is 10.8. The number of nitrogens with zero attached hydrogens (tertiary/aromatic N) is 3. The second-order valence-electron chi connectivity index (χ2n) is 2.51. The first-order valence-corrected chi connectivity index (χ1v) is 4.90. The molecule has 2 aromatic rings. The molecule has 0 amide bonds. The average Bonchev–Trinajstić information content (AvgIpc) is 2.62. The third kappa shape index (κ3) is 1.22. The second-order valence-corrected chi connectivity index (χ2v) is 3.35. The summed E-state index contributed by atoms with van der Waals surface area (Å²) in [6.45, 7) is 0. The van der Waals surface area contributed by atoms with E-state index in [0.29, 0.717) is 10.4 Å². The summed E-state index contributed by atoms with van der Waals surface area (Å²) in [4.78, 5) is 10.9. The van der Waals surface area contributed by atoms with Crippen molar-refractivity contribution in [3.63, 3.8) is 0 Å². The zero-order chi connectivity index (χ0) is 10.1. The van der Waals surface area contributed by atoms with Crippen LogP contribution in [0.25, 0.3) is 11.0 Å². The molecule has 2 rings (SSSR count). The molecular formula is C7H5N3O3S. The summed E-state index contributed by atoms with van der Waals surface area (Å²) in [5.41, 5.74) is 0.549. The van der Waals surface area contributed by atoms with E-state index in [2.05, 4.69) is 14.9 Å². The molecule has 1 heterocycles. The Kier molecular flexibility index (Phi) is 2.08. The first kappa shape index (κ1) is 8.95. The first-order chi connectivity index (χ1) is 6.74. The van der Waals surface area contributed by atoms with Crippen molar-refractivity contribution in [1.82, 2.24) is 10.3 Å². The fraction of sp³-hybridized carbons (Fsp3) is 0.143. The second kappa shape index (κ2) is 3.26. The lowest BCUT2D eigenvalue weighted by Crippen LogP contribution is -1.92. The number of thioether (sulfide) groups is 1. The lowest BCUT2D eigenvalue weighted by Gasteiger charge is -1.97. The number of fused-ring (bicyclic) bond motifs is 1. The van der Waals surface area contributed by atoms with Gasteiger partial charge >= 0.3 is 5.69 Å². The van der Waals surface area contributed by atoms with Crippen molar-refractivity contribution in [3.8, 4) is 0 Å². The van der Waals surface area contributed by atoms with Crippen LogP contribution < -0.4 is 0 Å². The standard InChI is InChI=1S/C7H5N3O3S/c1-14-5-3-2-4-6(9-13-8-4)7(5)10(11)12/h2-3H,1H3. The van der Waals surface area contributed by atoms with E-state index in [1.807, 2.05) is 0 Å². The van der Waals surface area contributed by atoms with Crippen LogP contribution in [0.2, 0.25) is 0 Å². The Morgan fingerprint density at radius 3 is 2.93 bits per heavy atom. The first-order valence-electron chi connectivity index (χ1n) is 3.67. The lowest BCUT2D eigenvalue weighted by molar-refractivity contribution is -0.386. The predicted molar refractivity (Wildman–Crippen MR) is 50.2 cm³/mol. The summed E-state index contributed by atoms with van der Waals surface area (Å²) in [6.07, 6.45) is 1.77.